The zero-order valence-electron chi connectivity index (χ0n) is 7.52. The van der Waals surface area contributed by atoms with Crippen molar-refractivity contribution in [3.63, 3.8) is 0 Å². The molecule has 0 unspecified atom stereocenters. The summed E-state index contributed by atoms with van der Waals surface area (Å²) in [5.41, 5.74) is 0. The highest BCUT2D eigenvalue weighted by molar-refractivity contribution is 5.77. The van der Waals surface area contributed by atoms with Gasteiger partial charge in [-0.05, 0) is 13.8 Å². The Kier molecular flexibility index (Phi) is 1.83. The highest BCUT2D eigenvalue weighted by Crippen LogP contribution is 2.30. The molecule has 0 saturated carbocycles. The third-order valence-electron chi connectivity index (χ3n) is 2.20. The van der Waals surface area contributed by atoms with Crippen LogP contribution in [0.3, 0.4) is 0 Å². The summed E-state index contributed by atoms with van der Waals surface area (Å²) in [6.07, 6.45) is -2.22. The van der Waals surface area contributed by atoms with Gasteiger partial charge in [0.25, 0.3) is 0 Å². The highest BCUT2D eigenvalue weighted by atomic mass is 16.7. The minimum atomic E-state index is -1.17. The van der Waals surface area contributed by atoms with Gasteiger partial charge in [-0.3, -0.25) is 0 Å². The first kappa shape index (κ1) is 8.93. The number of rotatable bonds is 0. The lowest BCUT2D eigenvalue weighted by molar-refractivity contribution is -0.299. The second-order valence-electron chi connectivity index (χ2n) is 3.71. The van der Waals surface area contributed by atoms with Gasteiger partial charge in [-0.2, -0.15) is 0 Å². The number of carbonyl (C=O) groups is 1. The van der Waals surface area contributed by atoms with Crippen LogP contribution in [-0.4, -0.2) is 41.8 Å². The van der Waals surface area contributed by atoms with Crippen molar-refractivity contribution < 1.29 is 24.1 Å². The fourth-order valence-electron chi connectivity index (χ4n) is 1.54. The monoisotopic (exact) mass is 188 g/mol. The number of fused-ring (bicyclic) bond motifs is 1. The van der Waals surface area contributed by atoms with E-state index in [9.17, 15) is 9.90 Å². The van der Waals surface area contributed by atoms with Crippen LogP contribution < -0.4 is 0 Å². The van der Waals surface area contributed by atoms with E-state index >= 15 is 0 Å². The molecule has 0 bridgehead atoms. The predicted molar refractivity (Wildman–Crippen MR) is 40.8 cm³/mol. The van der Waals surface area contributed by atoms with Crippen molar-refractivity contribution in [2.75, 3.05) is 6.61 Å². The van der Waals surface area contributed by atoms with Gasteiger partial charge < -0.3 is 19.3 Å². The Hall–Kier alpha value is -0.650. The van der Waals surface area contributed by atoms with Crippen molar-refractivity contribution in [1.29, 1.82) is 0 Å². The lowest BCUT2D eigenvalue weighted by atomic mass is 10.1. The van der Waals surface area contributed by atoms with Crippen molar-refractivity contribution in [2.24, 2.45) is 0 Å². The van der Waals surface area contributed by atoms with E-state index in [1.54, 1.807) is 13.8 Å². The Morgan fingerprint density at radius 3 is 2.92 bits per heavy atom. The maximum Gasteiger partial charge on any atom is 0.338 e. The standard InChI is InChI=1S/C8H12O5/c1-8(2)11-3-4-6(13-8)5(9)7(10)12-4/h4-6,9H,3H2,1-2H3/t4-,5+,6+/m1/s1. The number of aliphatic hydroxyl groups is 1. The molecular weight excluding hydrogens is 176 g/mol. The van der Waals surface area contributed by atoms with Crippen LogP contribution in [0, 0.1) is 0 Å². The summed E-state index contributed by atoms with van der Waals surface area (Å²) < 4.78 is 15.5. The first-order valence-electron chi connectivity index (χ1n) is 4.20. The largest absolute Gasteiger partial charge is 0.455 e. The minimum Gasteiger partial charge on any atom is -0.455 e. The molecule has 0 aromatic rings. The molecule has 0 aromatic heterocycles. The number of carbonyl (C=O) groups excluding carboxylic acids is 1. The third-order valence-corrected chi connectivity index (χ3v) is 2.20. The normalized spacial score (nSPS) is 42.7. The number of esters is 1. The molecule has 2 fully saturated rings. The smallest absolute Gasteiger partial charge is 0.338 e. The predicted octanol–water partition coefficient (Wildman–Crippen LogP) is -0.576. The molecular formula is C8H12O5. The fourth-order valence-corrected chi connectivity index (χ4v) is 1.54. The first-order valence-corrected chi connectivity index (χ1v) is 4.20. The summed E-state index contributed by atoms with van der Waals surface area (Å²) in [7, 11) is 0. The van der Waals surface area contributed by atoms with Crippen LogP contribution in [0.2, 0.25) is 0 Å². The molecule has 0 amide bonds. The summed E-state index contributed by atoms with van der Waals surface area (Å²) in [6.45, 7) is 3.75. The Labute approximate surface area is 75.6 Å². The number of hydrogen-bond donors (Lipinski definition) is 1. The van der Waals surface area contributed by atoms with Gasteiger partial charge in [0.05, 0.1) is 6.61 Å². The molecule has 13 heavy (non-hydrogen) atoms. The van der Waals surface area contributed by atoms with Crippen LogP contribution in [0.1, 0.15) is 13.8 Å². The van der Waals surface area contributed by atoms with E-state index in [1.165, 1.54) is 0 Å². The maximum absolute atomic E-state index is 10.9. The molecule has 0 radical (unpaired) electrons. The molecule has 2 saturated heterocycles. The SMILES string of the molecule is CC1(C)OC[C@H]2OC(=O)[C@@H](O)[C@H]2O1. The third kappa shape index (κ3) is 1.43. The van der Waals surface area contributed by atoms with Gasteiger partial charge in [0.15, 0.2) is 18.0 Å². The summed E-state index contributed by atoms with van der Waals surface area (Å²) in [5.74, 6) is -1.38. The zero-order chi connectivity index (χ0) is 9.64. The summed E-state index contributed by atoms with van der Waals surface area (Å²) in [5, 5.41) is 9.37. The quantitative estimate of drug-likeness (QED) is 0.515. The van der Waals surface area contributed by atoms with Crippen LogP contribution >= 0.6 is 0 Å². The van der Waals surface area contributed by atoms with Gasteiger partial charge in [0.2, 0.25) is 0 Å². The number of aliphatic hydroxyl groups excluding tert-OH is 1. The van der Waals surface area contributed by atoms with Crippen molar-refractivity contribution in [1.82, 2.24) is 0 Å². The Bertz CT molecular complexity index is 237. The molecule has 5 heteroatoms. The number of hydrogen-bond acceptors (Lipinski definition) is 5. The second-order valence-corrected chi connectivity index (χ2v) is 3.71. The van der Waals surface area contributed by atoms with E-state index < -0.39 is 30.1 Å². The van der Waals surface area contributed by atoms with E-state index in [0.717, 1.165) is 0 Å². The number of ether oxygens (including phenoxy) is 3. The van der Waals surface area contributed by atoms with Crippen molar-refractivity contribution in [3.05, 3.63) is 0 Å². The molecule has 2 aliphatic rings. The lowest BCUT2D eigenvalue weighted by Gasteiger charge is -2.36. The van der Waals surface area contributed by atoms with Gasteiger partial charge in [0, 0.05) is 0 Å². The topological polar surface area (TPSA) is 65.0 Å². The minimum absolute atomic E-state index is 0.278. The first-order chi connectivity index (χ1) is 5.99. The molecule has 1 N–H and O–H groups in total. The van der Waals surface area contributed by atoms with Crippen molar-refractivity contribution >= 4 is 5.97 Å². The Morgan fingerprint density at radius 1 is 1.54 bits per heavy atom. The molecule has 5 nitrogen and oxygen atoms in total. The lowest BCUT2D eigenvalue weighted by Crippen LogP contribution is -2.50. The van der Waals surface area contributed by atoms with Gasteiger partial charge in [-0.1, -0.05) is 0 Å². The van der Waals surface area contributed by atoms with Crippen molar-refractivity contribution in [3.8, 4) is 0 Å². The molecule has 0 aromatic carbocycles. The Balaban J connectivity index is 2.14. The van der Waals surface area contributed by atoms with E-state index in [0.29, 0.717) is 0 Å². The summed E-state index contributed by atoms with van der Waals surface area (Å²) >= 11 is 0. The molecule has 0 aliphatic carbocycles. The van der Waals surface area contributed by atoms with Crippen LogP contribution in [0.4, 0.5) is 0 Å². The average Bonchev–Trinajstić information content (AvgIpc) is 2.29. The zero-order valence-corrected chi connectivity index (χ0v) is 7.52. The second kappa shape index (κ2) is 2.67. The van der Waals surface area contributed by atoms with Gasteiger partial charge in [0.1, 0.15) is 6.10 Å². The summed E-state index contributed by atoms with van der Waals surface area (Å²) in [4.78, 5) is 10.9. The Morgan fingerprint density at radius 2 is 2.23 bits per heavy atom. The van der Waals surface area contributed by atoms with Gasteiger partial charge in [-0.25, -0.2) is 4.79 Å². The summed E-state index contributed by atoms with van der Waals surface area (Å²) in [6, 6.07) is 0. The molecule has 74 valence electrons. The van der Waals surface area contributed by atoms with E-state index in [2.05, 4.69) is 0 Å². The van der Waals surface area contributed by atoms with E-state index in [1.807, 2.05) is 0 Å². The molecule has 2 rings (SSSR count). The highest BCUT2D eigenvalue weighted by Gasteiger charge is 2.50. The van der Waals surface area contributed by atoms with Crippen LogP contribution in [-0.2, 0) is 19.0 Å². The van der Waals surface area contributed by atoms with Crippen LogP contribution in [0.25, 0.3) is 0 Å². The van der Waals surface area contributed by atoms with Crippen LogP contribution in [0.5, 0.6) is 0 Å². The van der Waals surface area contributed by atoms with Crippen LogP contribution in [0.15, 0.2) is 0 Å². The molecule has 2 heterocycles. The fraction of sp³-hybridized carbons (Fsp3) is 0.875. The molecule has 2 aliphatic heterocycles. The molecule has 0 spiro atoms. The van der Waals surface area contributed by atoms with Crippen molar-refractivity contribution in [2.45, 2.75) is 37.9 Å². The van der Waals surface area contributed by atoms with Gasteiger partial charge >= 0.3 is 5.97 Å². The maximum atomic E-state index is 10.9. The van der Waals surface area contributed by atoms with Gasteiger partial charge in [-0.15, -0.1) is 0 Å². The van der Waals surface area contributed by atoms with E-state index in [-0.39, 0.29) is 6.61 Å². The average molecular weight is 188 g/mol. The van der Waals surface area contributed by atoms with E-state index in [4.69, 9.17) is 14.2 Å². The molecule has 3 atom stereocenters.